The van der Waals surface area contributed by atoms with E-state index in [2.05, 4.69) is 0 Å². The molecule has 0 radical (unpaired) electrons. The van der Waals surface area contributed by atoms with E-state index in [1.54, 1.807) is 0 Å². The molecule has 0 bridgehead atoms. The lowest BCUT2D eigenvalue weighted by atomic mass is 10.1. The molecule has 0 aliphatic heterocycles. The molecule has 1 heterocycles. The summed E-state index contributed by atoms with van der Waals surface area (Å²) in [5.74, 6) is -0.324. The van der Waals surface area contributed by atoms with Crippen molar-refractivity contribution in [3.63, 3.8) is 0 Å². The van der Waals surface area contributed by atoms with Crippen LogP contribution in [-0.4, -0.2) is 17.6 Å². The van der Waals surface area contributed by atoms with Gasteiger partial charge < -0.3 is 15.0 Å². The molecule has 0 saturated carbocycles. The Labute approximate surface area is 112 Å². The van der Waals surface area contributed by atoms with Crippen LogP contribution in [0.25, 0.3) is 11.1 Å². The molecule has 0 saturated heterocycles. The van der Waals surface area contributed by atoms with Crippen LogP contribution in [0.5, 0.6) is 0 Å². The highest BCUT2D eigenvalue weighted by Crippen LogP contribution is 2.25. The number of nitrogens with zero attached hydrogens (tertiary/aromatic N) is 1. The molecular formula is C15H18N2O2. The van der Waals surface area contributed by atoms with Crippen LogP contribution in [0.2, 0.25) is 0 Å². The molecule has 4 heteroatoms. The van der Waals surface area contributed by atoms with Crippen molar-refractivity contribution in [1.29, 1.82) is 0 Å². The van der Waals surface area contributed by atoms with Gasteiger partial charge in [0.15, 0.2) is 0 Å². The maximum absolute atomic E-state index is 11.8. The van der Waals surface area contributed by atoms with Crippen molar-refractivity contribution in [1.82, 2.24) is 4.57 Å². The number of carbonyl (C=O) groups excluding carboxylic acids is 1. The van der Waals surface area contributed by atoms with Gasteiger partial charge in [-0.25, -0.2) is 4.79 Å². The van der Waals surface area contributed by atoms with Crippen LogP contribution in [0.15, 0.2) is 36.5 Å². The van der Waals surface area contributed by atoms with Gasteiger partial charge in [0.05, 0.1) is 7.11 Å². The smallest absolute Gasteiger partial charge is 0.354 e. The Hall–Kier alpha value is -2.23. The number of nitrogen functional groups attached to an aromatic ring is 1. The molecule has 0 unspecified atom stereocenters. The largest absolute Gasteiger partial charge is 0.464 e. The quantitative estimate of drug-likeness (QED) is 0.679. The number of aromatic nitrogens is 1. The second kappa shape index (κ2) is 5.18. The second-order valence-corrected chi connectivity index (χ2v) is 4.73. The molecule has 0 fully saturated rings. The minimum absolute atomic E-state index is 0.191. The molecule has 4 nitrogen and oxygen atoms in total. The van der Waals surface area contributed by atoms with Gasteiger partial charge in [0, 0.05) is 23.5 Å². The van der Waals surface area contributed by atoms with Gasteiger partial charge in [-0.2, -0.15) is 0 Å². The minimum Gasteiger partial charge on any atom is -0.464 e. The van der Waals surface area contributed by atoms with Gasteiger partial charge in [0.25, 0.3) is 0 Å². The molecule has 0 spiro atoms. The number of ether oxygens (including phenoxy) is 1. The van der Waals surface area contributed by atoms with Crippen molar-refractivity contribution < 1.29 is 9.53 Å². The number of benzene rings is 1. The first-order valence-electron chi connectivity index (χ1n) is 6.19. The number of nitrogens with two attached hydrogens (primary N) is 1. The molecule has 1 aromatic carbocycles. The van der Waals surface area contributed by atoms with Gasteiger partial charge in [-0.3, -0.25) is 0 Å². The van der Waals surface area contributed by atoms with Gasteiger partial charge in [-0.05, 0) is 37.6 Å². The molecule has 2 rings (SSSR count). The molecule has 0 amide bonds. The summed E-state index contributed by atoms with van der Waals surface area (Å²) in [5, 5.41) is 0. The third kappa shape index (κ3) is 2.62. The number of rotatable bonds is 3. The number of anilines is 1. The van der Waals surface area contributed by atoms with E-state index in [1.165, 1.54) is 7.11 Å². The Balaban J connectivity index is 2.48. The van der Waals surface area contributed by atoms with Crippen LogP contribution in [0.3, 0.4) is 0 Å². The standard InChI is InChI=1S/C15H18N2O2/c1-10(2)17-9-12(8-14(17)15(18)19-3)11-4-6-13(16)7-5-11/h4-10H,16H2,1-3H3. The summed E-state index contributed by atoms with van der Waals surface area (Å²) in [5.41, 5.74) is 8.97. The summed E-state index contributed by atoms with van der Waals surface area (Å²) in [6.45, 7) is 4.05. The normalized spacial score (nSPS) is 10.7. The number of esters is 1. The summed E-state index contributed by atoms with van der Waals surface area (Å²) in [4.78, 5) is 11.8. The second-order valence-electron chi connectivity index (χ2n) is 4.73. The van der Waals surface area contributed by atoms with E-state index >= 15 is 0 Å². The van der Waals surface area contributed by atoms with Gasteiger partial charge in [0.1, 0.15) is 5.69 Å². The minimum atomic E-state index is -0.324. The zero-order valence-electron chi connectivity index (χ0n) is 11.4. The summed E-state index contributed by atoms with van der Waals surface area (Å²) in [6.07, 6.45) is 1.96. The van der Waals surface area contributed by atoms with Gasteiger partial charge in [-0.15, -0.1) is 0 Å². The number of carbonyl (C=O) groups is 1. The highest BCUT2D eigenvalue weighted by Gasteiger charge is 2.16. The molecule has 1 aromatic heterocycles. The maximum Gasteiger partial charge on any atom is 0.354 e. The van der Waals surface area contributed by atoms with Gasteiger partial charge in [-0.1, -0.05) is 12.1 Å². The molecular weight excluding hydrogens is 240 g/mol. The predicted octanol–water partition coefficient (Wildman–Crippen LogP) is 3.10. The summed E-state index contributed by atoms with van der Waals surface area (Å²) < 4.78 is 6.73. The molecule has 0 aliphatic rings. The van der Waals surface area contributed by atoms with Crippen LogP contribution in [0, 0.1) is 0 Å². The summed E-state index contributed by atoms with van der Waals surface area (Å²) in [6, 6.07) is 9.61. The third-order valence-electron chi connectivity index (χ3n) is 3.04. The van der Waals surface area contributed by atoms with Crippen molar-refractivity contribution in [3.8, 4) is 11.1 Å². The molecule has 2 aromatic rings. The van der Waals surface area contributed by atoms with E-state index < -0.39 is 0 Å². The van der Waals surface area contributed by atoms with E-state index in [9.17, 15) is 4.79 Å². The molecule has 2 N–H and O–H groups in total. The Kier molecular flexibility index (Phi) is 3.60. The predicted molar refractivity (Wildman–Crippen MR) is 76.0 cm³/mol. The Morgan fingerprint density at radius 2 is 1.84 bits per heavy atom. The fourth-order valence-electron chi connectivity index (χ4n) is 2.01. The summed E-state index contributed by atoms with van der Waals surface area (Å²) in [7, 11) is 1.39. The van der Waals surface area contributed by atoms with Crippen molar-refractivity contribution in [2.45, 2.75) is 19.9 Å². The van der Waals surface area contributed by atoms with Crippen LogP contribution >= 0.6 is 0 Å². The van der Waals surface area contributed by atoms with Crippen molar-refractivity contribution in [2.24, 2.45) is 0 Å². The Morgan fingerprint density at radius 1 is 1.21 bits per heavy atom. The molecule has 0 aliphatic carbocycles. The van der Waals surface area contributed by atoms with Crippen LogP contribution < -0.4 is 5.73 Å². The lowest BCUT2D eigenvalue weighted by Crippen LogP contribution is -2.11. The lowest BCUT2D eigenvalue weighted by Gasteiger charge is -2.10. The first-order valence-corrected chi connectivity index (χ1v) is 6.19. The highest BCUT2D eigenvalue weighted by molar-refractivity contribution is 5.90. The average Bonchev–Trinajstić information content (AvgIpc) is 2.84. The molecule has 0 atom stereocenters. The first kappa shape index (κ1) is 13.2. The monoisotopic (exact) mass is 258 g/mol. The third-order valence-corrected chi connectivity index (χ3v) is 3.04. The topological polar surface area (TPSA) is 57.2 Å². The van der Waals surface area contributed by atoms with Gasteiger partial charge in [0.2, 0.25) is 0 Å². The van der Waals surface area contributed by atoms with E-state index in [0.717, 1.165) is 16.8 Å². The van der Waals surface area contributed by atoms with Gasteiger partial charge >= 0.3 is 5.97 Å². The van der Waals surface area contributed by atoms with E-state index in [0.29, 0.717) is 5.69 Å². The first-order chi connectivity index (χ1) is 9.02. The molecule has 100 valence electrons. The maximum atomic E-state index is 11.8. The Bertz CT molecular complexity index is 583. The van der Waals surface area contributed by atoms with Crippen molar-refractivity contribution in [2.75, 3.05) is 12.8 Å². The van der Waals surface area contributed by atoms with Crippen LogP contribution in [0.1, 0.15) is 30.4 Å². The SMILES string of the molecule is COC(=O)c1cc(-c2ccc(N)cc2)cn1C(C)C. The van der Waals surface area contributed by atoms with Crippen molar-refractivity contribution >= 4 is 11.7 Å². The zero-order valence-corrected chi connectivity index (χ0v) is 11.4. The Morgan fingerprint density at radius 3 is 2.37 bits per heavy atom. The number of hydrogen-bond acceptors (Lipinski definition) is 3. The fraction of sp³-hybridized carbons (Fsp3) is 0.267. The van der Waals surface area contributed by atoms with E-state index in [-0.39, 0.29) is 12.0 Å². The number of hydrogen-bond donors (Lipinski definition) is 1. The fourth-order valence-corrected chi connectivity index (χ4v) is 2.01. The highest BCUT2D eigenvalue weighted by atomic mass is 16.5. The van der Waals surface area contributed by atoms with Crippen LogP contribution in [-0.2, 0) is 4.74 Å². The van der Waals surface area contributed by atoms with E-state index in [4.69, 9.17) is 10.5 Å². The summed E-state index contributed by atoms with van der Waals surface area (Å²) >= 11 is 0. The lowest BCUT2D eigenvalue weighted by molar-refractivity contribution is 0.0587. The van der Waals surface area contributed by atoms with E-state index in [1.807, 2.05) is 54.9 Å². The average molecular weight is 258 g/mol. The van der Waals surface area contributed by atoms with Crippen LogP contribution in [0.4, 0.5) is 5.69 Å². The van der Waals surface area contributed by atoms with Crippen molar-refractivity contribution in [3.05, 3.63) is 42.2 Å². The molecule has 19 heavy (non-hydrogen) atoms. The number of methoxy groups -OCH3 is 1. The zero-order chi connectivity index (χ0) is 14.0.